The van der Waals surface area contributed by atoms with E-state index in [9.17, 15) is 9.18 Å². The van der Waals surface area contributed by atoms with Gasteiger partial charge in [-0.15, -0.1) is 0 Å². The van der Waals surface area contributed by atoms with Crippen molar-refractivity contribution in [3.63, 3.8) is 0 Å². The summed E-state index contributed by atoms with van der Waals surface area (Å²) in [5.74, 6) is -0.138. The number of hydrogen-bond donors (Lipinski definition) is 2. The van der Waals surface area contributed by atoms with Crippen molar-refractivity contribution in [2.45, 2.75) is 31.8 Å². The lowest BCUT2D eigenvalue weighted by molar-refractivity contribution is -0.0331. The van der Waals surface area contributed by atoms with Gasteiger partial charge in [0.25, 0.3) is 0 Å². The number of fused-ring (bicyclic) bond motifs is 1. The van der Waals surface area contributed by atoms with Gasteiger partial charge in [0.15, 0.2) is 6.10 Å². The van der Waals surface area contributed by atoms with E-state index in [0.717, 1.165) is 33.6 Å². The zero-order valence-corrected chi connectivity index (χ0v) is 19.5. The predicted octanol–water partition coefficient (Wildman–Crippen LogP) is 3.04. The fraction of sp³-hybridized carbons (Fsp3) is 0.320. The minimum atomic E-state index is -0.311. The number of aryl methyl sites for hydroxylation is 1. The number of pyridine rings is 1. The fourth-order valence-corrected chi connectivity index (χ4v) is 4.75. The summed E-state index contributed by atoms with van der Waals surface area (Å²) < 4.78 is 14.3. The van der Waals surface area contributed by atoms with Crippen molar-refractivity contribution in [3.05, 3.63) is 71.1 Å². The molecule has 1 aromatic carbocycles. The van der Waals surface area contributed by atoms with Gasteiger partial charge in [-0.2, -0.15) is 0 Å². The van der Waals surface area contributed by atoms with Crippen molar-refractivity contribution < 1.29 is 14.0 Å². The number of anilines is 1. The van der Waals surface area contributed by atoms with Crippen molar-refractivity contribution in [2.75, 3.05) is 25.9 Å². The van der Waals surface area contributed by atoms with Crippen LogP contribution in [0.2, 0.25) is 0 Å². The monoisotopic (exact) mass is 475 g/mol. The maximum Gasteiger partial charge on any atom is 0.317 e. The summed E-state index contributed by atoms with van der Waals surface area (Å²) in [6.07, 6.45) is 4.40. The molecule has 0 spiro atoms. The van der Waals surface area contributed by atoms with Gasteiger partial charge in [0, 0.05) is 37.0 Å². The van der Waals surface area contributed by atoms with Gasteiger partial charge in [0.05, 0.1) is 30.2 Å². The highest BCUT2D eigenvalue weighted by atomic mass is 19.1. The zero-order chi connectivity index (χ0) is 24.5. The van der Waals surface area contributed by atoms with E-state index in [1.54, 1.807) is 24.3 Å². The van der Waals surface area contributed by atoms with E-state index in [-0.39, 0.29) is 29.8 Å². The van der Waals surface area contributed by atoms with Crippen molar-refractivity contribution >= 4 is 17.7 Å². The van der Waals surface area contributed by atoms with Gasteiger partial charge in [0.1, 0.15) is 5.82 Å². The Hall–Kier alpha value is -4.08. The highest BCUT2D eigenvalue weighted by Crippen LogP contribution is 2.38. The van der Waals surface area contributed by atoms with Crippen LogP contribution in [0.15, 0.2) is 47.9 Å². The molecule has 3 N–H and O–H groups in total. The smallest absolute Gasteiger partial charge is 0.317 e. The Morgan fingerprint density at radius 1 is 1.26 bits per heavy atom. The molecule has 180 valence electrons. The number of hydrogen-bond acceptors (Lipinski definition) is 7. The molecule has 2 amide bonds. The molecule has 1 aliphatic carbocycles. The number of halogens is 1. The predicted molar refractivity (Wildman–Crippen MR) is 129 cm³/mol. The van der Waals surface area contributed by atoms with E-state index in [1.165, 1.54) is 12.1 Å². The first-order valence-corrected chi connectivity index (χ1v) is 11.5. The Bertz CT molecular complexity index is 1290. The first-order chi connectivity index (χ1) is 16.9. The van der Waals surface area contributed by atoms with Crippen molar-refractivity contribution in [1.82, 2.24) is 25.2 Å². The van der Waals surface area contributed by atoms with E-state index < -0.39 is 0 Å². The second-order valence-electron chi connectivity index (χ2n) is 8.79. The van der Waals surface area contributed by atoms with Crippen LogP contribution < -0.4 is 11.1 Å². The maximum absolute atomic E-state index is 14.3. The summed E-state index contributed by atoms with van der Waals surface area (Å²) in [5, 5.41) is 7.10. The number of nitrogen functional groups attached to an aromatic ring is 1. The van der Waals surface area contributed by atoms with Crippen LogP contribution in [0.1, 0.15) is 34.9 Å². The average molecular weight is 476 g/mol. The fourth-order valence-electron chi connectivity index (χ4n) is 4.75. The van der Waals surface area contributed by atoms with E-state index >= 15 is 0 Å². The lowest BCUT2D eigenvalue weighted by atomic mass is 9.78. The first-order valence-electron chi connectivity index (χ1n) is 11.5. The Labute approximate surface area is 202 Å². The normalized spacial score (nSPS) is 18.7. The number of oxime groups is 1. The third-order valence-electron chi connectivity index (χ3n) is 6.44. The molecule has 0 radical (unpaired) electrons. The van der Waals surface area contributed by atoms with Crippen LogP contribution >= 0.6 is 0 Å². The number of nitrogens with zero attached hydrogens (tertiary/aromatic N) is 5. The van der Waals surface area contributed by atoms with Crippen LogP contribution in [0.25, 0.3) is 11.1 Å². The summed E-state index contributed by atoms with van der Waals surface area (Å²) in [5.41, 5.74) is 11.6. The molecule has 2 aromatic heterocycles. The Morgan fingerprint density at radius 2 is 2.09 bits per heavy atom. The average Bonchev–Trinajstić information content (AvgIpc) is 2.82. The molecular formula is C25H26FN7O2. The SMILES string of the molecule is CNC(=O)N1CC(O/N=C2\CC(c3ccc(F)cc3-c3cccnc3)Cc3nc(N)nc(C)c32)C1. The third-order valence-corrected chi connectivity index (χ3v) is 6.44. The summed E-state index contributed by atoms with van der Waals surface area (Å²) in [6, 6.07) is 8.43. The number of carbonyl (C=O) groups excluding carboxylic acids is 1. The number of likely N-dealkylation sites (tertiary alicyclic amines) is 1. The molecule has 10 heteroatoms. The van der Waals surface area contributed by atoms with E-state index in [4.69, 9.17) is 10.6 Å². The molecule has 1 atom stereocenters. The van der Waals surface area contributed by atoms with Crippen molar-refractivity contribution in [2.24, 2.45) is 5.16 Å². The summed E-state index contributed by atoms with van der Waals surface area (Å²) in [7, 11) is 1.60. The Morgan fingerprint density at radius 3 is 2.83 bits per heavy atom. The van der Waals surface area contributed by atoms with Crippen LogP contribution in [0.3, 0.4) is 0 Å². The van der Waals surface area contributed by atoms with Gasteiger partial charge in [-0.05, 0) is 48.6 Å². The summed E-state index contributed by atoms with van der Waals surface area (Å²) in [6.45, 7) is 2.81. The molecule has 0 bridgehead atoms. The van der Waals surface area contributed by atoms with Crippen LogP contribution in [-0.4, -0.2) is 57.8 Å². The molecule has 3 heterocycles. The van der Waals surface area contributed by atoms with Gasteiger partial charge < -0.3 is 20.8 Å². The molecule has 9 nitrogen and oxygen atoms in total. The van der Waals surface area contributed by atoms with Gasteiger partial charge in [-0.1, -0.05) is 17.3 Å². The van der Waals surface area contributed by atoms with Crippen LogP contribution in [-0.2, 0) is 11.3 Å². The molecule has 3 aromatic rings. The zero-order valence-electron chi connectivity index (χ0n) is 19.5. The van der Waals surface area contributed by atoms with Crippen LogP contribution in [0.4, 0.5) is 15.1 Å². The van der Waals surface area contributed by atoms with Crippen molar-refractivity contribution in [3.8, 4) is 11.1 Å². The van der Waals surface area contributed by atoms with Crippen LogP contribution in [0.5, 0.6) is 0 Å². The van der Waals surface area contributed by atoms with E-state index in [1.807, 2.05) is 25.1 Å². The number of nitrogens with one attached hydrogen (secondary N) is 1. The molecule has 1 aliphatic heterocycles. The lowest BCUT2D eigenvalue weighted by Gasteiger charge is -2.37. The van der Waals surface area contributed by atoms with E-state index in [2.05, 4.69) is 25.4 Å². The number of carbonyl (C=O) groups is 1. The van der Waals surface area contributed by atoms with Gasteiger partial charge in [0.2, 0.25) is 5.95 Å². The lowest BCUT2D eigenvalue weighted by Crippen LogP contribution is -2.56. The standard InChI is InChI=1S/C25H26FN7O2/c1-14-23-21(31-24(27)30-14)8-16(9-22(23)32-35-18-12-33(13-18)25(34)28-2)19-6-5-17(26)10-20(19)15-4-3-7-29-11-15/h3-7,10-11,16,18H,8-9,12-13H2,1-2H3,(H,28,34)(H2,27,30,31)/b32-22+. The minimum Gasteiger partial charge on any atom is -0.388 e. The summed E-state index contributed by atoms with van der Waals surface area (Å²) >= 11 is 0. The second kappa shape index (κ2) is 9.28. The van der Waals surface area contributed by atoms with Gasteiger partial charge in [-0.3, -0.25) is 4.98 Å². The molecule has 0 saturated carbocycles. The van der Waals surface area contributed by atoms with Gasteiger partial charge in [-0.25, -0.2) is 19.2 Å². The van der Waals surface area contributed by atoms with Crippen molar-refractivity contribution in [1.29, 1.82) is 0 Å². The number of aromatic nitrogens is 3. The molecule has 1 unspecified atom stereocenters. The molecular weight excluding hydrogens is 449 g/mol. The van der Waals surface area contributed by atoms with Crippen LogP contribution in [0, 0.1) is 12.7 Å². The van der Waals surface area contributed by atoms with Gasteiger partial charge >= 0.3 is 6.03 Å². The number of benzene rings is 1. The largest absolute Gasteiger partial charge is 0.388 e. The highest BCUT2D eigenvalue weighted by Gasteiger charge is 2.34. The highest BCUT2D eigenvalue weighted by molar-refractivity contribution is 6.03. The summed E-state index contributed by atoms with van der Waals surface area (Å²) in [4.78, 5) is 32.2. The molecule has 2 aliphatic rings. The molecule has 5 rings (SSSR count). The number of nitrogens with two attached hydrogens (primary N) is 1. The molecule has 1 fully saturated rings. The maximum atomic E-state index is 14.3. The second-order valence-corrected chi connectivity index (χ2v) is 8.79. The number of urea groups is 1. The Balaban J connectivity index is 1.48. The number of rotatable bonds is 4. The third kappa shape index (κ3) is 4.51. The minimum absolute atomic E-state index is 0.0295. The Kier molecular flexibility index (Phi) is 6.02. The molecule has 35 heavy (non-hydrogen) atoms. The number of amides is 2. The molecule has 1 saturated heterocycles. The quantitative estimate of drug-likeness (QED) is 0.560. The van der Waals surface area contributed by atoms with E-state index in [0.29, 0.717) is 31.6 Å². The topological polar surface area (TPSA) is 119 Å². The first kappa shape index (κ1) is 22.7.